The van der Waals surface area contributed by atoms with Gasteiger partial charge < -0.3 is 0 Å². The lowest BCUT2D eigenvalue weighted by atomic mass is 10.0. The van der Waals surface area contributed by atoms with E-state index < -0.39 is 5.92 Å². The first-order valence-corrected chi connectivity index (χ1v) is 6.69. The summed E-state index contributed by atoms with van der Waals surface area (Å²) >= 11 is 0. The van der Waals surface area contributed by atoms with Crippen LogP contribution in [-0.4, -0.2) is 11.6 Å². The number of benzene rings is 1. The lowest BCUT2D eigenvalue weighted by Crippen LogP contribution is -2.21. The van der Waals surface area contributed by atoms with E-state index in [-0.39, 0.29) is 12.3 Å². The topological polar surface area (TPSA) is 12.4 Å². The molecule has 0 bridgehead atoms. The molecule has 0 aliphatic carbocycles. The minimum absolute atomic E-state index is 0.140. The summed E-state index contributed by atoms with van der Waals surface area (Å²) in [4.78, 5) is 3.93. The number of nitrogens with zero attached hydrogens (tertiary/aromatic N) is 1. The molecule has 0 saturated carbocycles. The predicted molar refractivity (Wildman–Crippen MR) is 82.3 cm³/mol. The quantitative estimate of drug-likeness (QED) is 0.495. The summed E-state index contributed by atoms with van der Waals surface area (Å²) in [5.41, 5.74) is 2.93. The highest BCUT2D eigenvalue weighted by atomic mass is 19.3. The summed E-state index contributed by atoms with van der Waals surface area (Å²) in [6, 6.07) is 7.75. The molecule has 0 unspecified atom stereocenters. The Kier molecular flexibility index (Phi) is 5.81. The van der Waals surface area contributed by atoms with Crippen molar-refractivity contribution >= 4 is 11.3 Å². The zero-order chi connectivity index (χ0) is 15.2. The van der Waals surface area contributed by atoms with Gasteiger partial charge in [-0.05, 0) is 30.0 Å². The summed E-state index contributed by atoms with van der Waals surface area (Å²) in [5, 5.41) is 0. The maximum Gasteiger partial charge on any atom is 0.282 e. The van der Waals surface area contributed by atoms with Crippen LogP contribution in [0.2, 0.25) is 0 Å². The summed E-state index contributed by atoms with van der Waals surface area (Å²) in [7, 11) is 0. The molecule has 3 heteroatoms. The van der Waals surface area contributed by atoms with Crippen LogP contribution >= 0.6 is 0 Å². The molecule has 1 rings (SSSR count). The van der Waals surface area contributed by atoms with Gasteiger partial charge in [-0.3, -0.25) is 4.99 Å². The third kappa shape index (κ3) is 4.72. The molecule has 20 heavy (non-hydrogen) atoms. The van der Waals surface area contributed by atoms with Crippen molar-refractivity contribution in [2.45, 2.75) is 39.7 Å². The van der Waals surface area contributed by atoms with Crippen LogP contribution in [0.1, 0.15) is 38.3 Å². The van der Waals surface area contributed by atoms with Crippen LogP contribution in [0.5, 0.6) is 0 Å². The third-order valence-electron chi connectivity index (χ3n) is 3.07. The molecule has 1 nitrogen and oxygen atoms in total. The van der Waals surface area contributed by atoms with Crippen molar-refractivity contribution in [1.82, 2.24) is 0 Å². The van der Waals surface area contributed by atoms with Crippen LogP contribution in [0.3, 0.4) is 0 Å². The fourth-order valence-corrected chi connectivity index (χ4v) is 1.69. The summed E-state index contributed by atoms with van der Waals surface area (Å²) in [6.07, 6.45) is 4.86. The number of hydrogen-bond acceptors (Lipinski definition) is 1. The van der Waals surface area contributed by atoms with Gasteiger partial charge in [-0.15, -0.1) is 0 Å². The number of aliphatic imine (C=N–C) groups is 1. The van der Waals surface area contributed by atoms with Crippen molar-refractivity contribution in [1.29, 1.82) is 0 Å². The Hall–Kier alpha value is -1.77. The third-order valence-corrected chi connectivity index (χ3v) is 3.07. The van der Waals surface area contributed by atoms with Crippen LogP contribution in [-0.2, 0) is 6.54 Å². The molecular formula is C17H21F2N. The van der Waals surface area contributed by atoms with E-state index >= 15 is 0 Å². The van der Waals surface area contributed by atoms with E-state index in [1.54, 1.807) is 0 Å². The molecule has 108 valence electrons. The second-order valence-corrected chi connectivity index (χ2v) is 4.76. The summed E-state index contributed by atoms with van der Waals surface area (Å²) in [6.45, 7) is 8.35. The first kappa shape index (κ1) is 16.3. The minimum atomic E-state index is -2.85. The van der Waals surface area contributed by atoms with Crippen LogP contribution in [0.25, 0.3) is 5.57 Å². The molecule has 0 N–H and O–H groups in total. The highest BCUT2D eigenvalue weighted by Crippen LogP contribution is 2.18. The zero-order valence-corrected chi connectivity index (χ0v) is 12.3. The Labute approximate surface area is 119 Å². The summed E-state index contributed by atoms with van der Waals surface area (Å²) in [5.74, 6) is -2.85. The molecule has 1 aromatic carbocycles. The molecular weight excluding hydrogens is 256 g/mol. The smallest absolute Gasteiger partial charge is 0.282 e. The molecule has 0 saturated heterocycles. The normalized spacial score (nSPS) is 13.4. The van der Waals surface area contributed by atoms with Crippen LogP contribution in [0.15, 0.2) is 48.0 Å². The minimum Gasteiger partial charge on any atom is -0.283 e. The average molecular weight is 277 g/mol. The maximum absolute atomic E-state index is 13.0. The van der Waals surface area contributed by atoms with Crippen LogP contribution in [0.4, 0.5) is 8.78 Å². The molecule has 0 aliphatic heterocycles. The Bertz CT molecular complexity index is 505. The van der Waals surface area contributed by atoms with Crippen molar-refractivity contribution in [3.8, 4) is 0 Å². The lowest BCUT2D eigenvalue weighted by Gasteiger charge is -2.09. The van der Waals surface area contributed by atoms with Crippen LogP contribution < -0.4 is 0 Å². The monoisotopic (exact) mass is 277 g/mol. The van der Waals surface area contributed by atoms with Gasteiger partial charge >= 0.3 is 0 Å². The van der Waals surface area contributed by atoms with E-state index in [0.29, 0.717) is 0 Å². The van der Waals surface area contributed by atoms with E-state index in [1.165, 1.54) is 6.92 Å². The maximum atomic E-state index is 13.0. The largest absolute Gasteiger partial charge is 0.283 e. The predicted octanol–water partition coefficient (Wildman–Crippen LogP) is 5.28. The molecule has 0 atom stereocenters. The standard InChI is InChI=1S/C17H21F2N/c1-5-7-15(6-2)16-10-8-14(9-11-16)12-20-13(3)17(4,18)19/h6-11H,2,5,12H2,1,3-4H3/b15-7-,20-13?. The number of hydrogen-bond donors (Lipinski definition) is 0. The molecule has 0 spiro atoms. The first-order chi connectivity index (χ1) is 9.38. The van der Waals surface area contributed by atoms with Crippen molar-refractivity contribution in [2.24, 2.45) is 4.99 Å². The molecule has 1 aromatic rings. The van der Waals surface area contributed by atoms with E-state index in [2.05, 4.69) is 24.6 Å². The van der Waals surface area contributed by atoms with Gasteiger partial charge in [-0.2, -0.15) is 0 Å². The van der Waals surface area contributed by atoms with Crippen molar-refractivity contribution in [3.63, 3.8) is 0 Å². The van der Waals surface area contributed by atoms with Crippen molar-refractivity contribution in [2.75, 3.05) is 0 Å². The van der Waals surface area contributed by atoms with Crippen molar-refractivity contribution in [3.05, 3.63) is 54.1 Å². The lowest BCUT2D eigenvalue weighted by molar-refractivity contribution is 0.0994. The molecule has 0 fully saturated rings. The number of alkyl halides is 2. The Morgan fingerprint density at radius 1 is 1.30 bits per heavy atom. The zero-order valence-electron chi connectivity index (χ0n) is 12.3. The van der Waals surface area contributed by atoms with Gasteiger partial charge in [-0.25, -0.2) is 8.78 Å². The van der Waals surface area contributed by atoms with Gasteiger partial charge in [0.05, 0.1) is 12.3 Å². The van der Waals surface area contributed by atoms with Gasteiger partial charge in [0.1, 0.15) is 0 Å². The fourth-order valence-electron chi connectivity index (χ4n) is 1.69. The van der Waals surface area contributed by atoms with Gasteiger partial charge in [0.25, 0.3) is 5.92 Å². The number of allylic oxidation sites excluding steroid dienone is 3. The van der Waals surface area contributed by atoms with Gasteiger partial charge in [0.2, 0.25) is 0 Å². The number of halogens is 2. The highest BCUT2D eigenvalue weighted by Gasteiger charge is 2.24. The molecule has 0 amide bonds. The summed E-state index contributed by atoms with van der Waals surface area (Å²) < 4.78 is 25.9. The van der Waals surface area contributed by atoms with E-state index in [1.807, 2.05) is 30.3 Å². The van der Waals surface area contributed by atoms with Gasteiger partial charge in [0, 0.05) is 6.92 Å². The number of rotatable bonds is 6. The fraction of sp³-hybridized carbons (Fsp3) is 0.353. The van der Waals surface area contributed by atoms with Gasteiger partial charge in [-0.1, -0.05) is 49.9 Å². The Morgan fingerprint density at radius 3 is 2.35 bits per heavy atom. The second-order valence-electron chi connectivity index (χ2n) is 4.76. The second kappa shape index (κ2) is 7.13. The van der Waals surface area contributed by atoms with Crippen LogP contribution in [0, 0.1) is 0 Å². The van der Waals surface area contributed by atoms with E-state index in [9.17, 15) is 8.78 Å². The molecule has 0 heterocycles. The van der Waals surface area contributed by atoms with Crippen molar-refractivity contribution < 1.29 is 8.78 Å². The highest BCUT2D eigenvalue weighted by molar-refractivity contribution is 5.88. The average Bonchev–Trinajstić information content (AvgIpc) is 2.41. The Balaban J connectivity index is 2.83. The van der Waals surface area contributed by atoms with E-state index in [0.717, 1.165) is 30.0 Å². The SMILES string of the molecule is C=C/C(=C/CC)c1ccc(CN=C(C)C(C)(F)F)cc1. The van der Waals surface area contributed by atoms with Gasteiger partial charge in [0.15, 0.2) is 0 Å². The molecule has 0 radical (unpaired) electrons. The molecule has 0 aliphatic rings. The van der Waals surface area contributed by atoms with E-state index in [4.69, 9.17) is 0 Å². The molecule has 0 aromatic heterocycles. The Morgan fingerprint density at radius 2 is 1.90 bits per heavy atom. The first-order valence-electron chi connectivity index (χ1n) is 6.69.